The monoisotopic (exact) mass is 290 g/mol. The summed E-state index contributed by atoms with van der Waals surface area (Å²) < 4.78 is 0. The fourth-order valence-electron chi connectivity index (χ4n) is 2.86. The summed E-state index contributed by atoms with van der Waals surface area (Å²) in [7, 11) is 0. The first kappa shape index (κ1) is 16.1. The van der Waals surface area contributed by atoms with Crippen molar-refractivity contribution in [3.8, 4) is 0 Å². The normalized spacial score (nSPS) is 22.7. The summed E-state index contributed by atoms with van der Waals surface area (Å²) in [6.07, 6.45) is 3.68. The average Bonchev–Trinajstić information content (AvgIpc) is 2.47. The summed E-state index contributed by atoms with van der Waals surface area (Å²) in [6.45, 7) is 13.2. The molecule has 1 fully saturated rings. The van der Waals surface area contributed by atoms with Gasteiger partial charge in [-0.1, -0.05) is 27.7 Å². The lowest BCUT2D eigenvalue weighted by atomic mass is 9.92. The highest BCUT2D eigenvalue weighted by molar-refractivity contribution is 5.50. The molecule has 1 aromatic rings. The molecule has 21 heavy (non-hydrogen) atoms. The molecule has 1 aliphatic heterocycles. The van der Waals surface area contributed by atoms with Gasteiger partial charge in [-0.05, 0) is 32.1 Å². The second-order valence-corrected chi connectivity index (χ2v) is 6.60. The van der Waals surface area contributed by atoms with E-state index in [2.05, 4.69) is 55.9 Å². The number of hydrogen-bond donors (Lipinski definition) is 1. The van der Waals surface area contributed by atoms with Crippen molar-refractivity contribution in [3.05, 3.63) is 11.9 Å². The van der Waals surface area contributed by atoms with Crippen molar-refractivity contribution in [3.63, 3.8) is 0 Å². The molecule has 4 heteroatoms. The van der Waals surface area contributed by atoms with E-state index >= 15 is 0 Å². The van der Waals surface area contributed by atoms with Gasteiger partial charge in [-0.25, -0.2) is 9.97 Å². The maximum Gasteiger partial charge on any atom is 0.135 e. The molecule has 118 valence electrons. The molecule has 0 aromatic carbocycles. The molecule has 1 saturated heterocycles. The van der Waals surface area contributed by atoms with E-state index in [1.165, 1.54) is 12.8 Å². The van der Waals surface area contributed by atoms with E-state index < -0.39 is 0 Å². The summed E-state index contributed by atoms with van der Waals surface area (Å²) in [5.41, 5.74) is 0. The van der Waals surface area contributed by atoms with Crippen LogP contribution in [0.2, 0.25) is 0 Å². The standard InChI is InChI=1S/C17H30N4/c1-6-9-18-15-11-16(20-17(19-15)12(2)3)21-10-7-8-13(4)14(21)5/h11-14H,6-10H2,1-5H3,(H,18,19,20). The molecule has 1 aliphatic rings. The molecule has 2 atom stereocenters. The van der Waals surface area contributed by atoms with E-state index in [1.807, 2.05) is 0 Å². The third-order valence-corrected chi connectivity index (χ3v) is 4.47. The van der Waals surface area contributed by atoms with Crippen LogP contribution in [0.4, 0.5) is 11.6 Å². The van der Waals surface area contributed by atoms with Gasteiger partial charge in [0.05, 0.1) is 0 Å². The lowest BCUT2D eigenvalue weighted by molar-refractivity contribution is 0.361. The Balaban J connectivity index is 2.30. The topological polar surface area (TPSA) is 41.0 Å². The zero-order valence-electron chi connectivity index (χ0n) is 14.2. The summed E-state index contributed by atoms with van der Waals surface area (Å²) >= 11 is 0. The Bertz CT molecular complexity index is 458. The van der Waals surface area contributed by atoms with Crippen LogP contribution in [0.15, 0.2) is 6.07 Å². The summed E-state index contributed by atoms with van der Waals surface area (Å²) in [5, 5.41) is 3.42. The van der Waals surface area contributed by atoms with Crippen molar-refractivity contribution in [1.29, 1.82) is 0 Å². The third-order valence-electron chi connectivity index (χ3n) is 4.47. The van der Waals surface area contributed by atoms with Gasteiger partial charge in [0.1, 0.15) is 17.5 Å². The van der Waals surface area contributed by atoms with Crippen molar-refractivity contribution < 1.29 is 0 Å². The van der Waals surface area contributed by atoms with Crippen molar-refractivity contribution >= 4 is 11.6 Å². The Labute approximate surface area is 129 Å². The number of hydrogen-bond acceptors (Lipinski definition) is 4. The first-order valence-electron chi connectivity index (χ1n) is 8.42. The molecular weight excluding hydrogens is 260 g/mol. The number of piperidine rings is 1. The van der Waals surface area contributed by atoms with Crippen molar-refractivity contribution in [2.24, 2.45) is 5.92 Å². The predicted octanol–water partition coefficient (Wildman–Crippen LogP) is 4.05. The molecule has 0 radical (unpaired) electrons. The van der Waals surface area contributed by atoms with Crippen LogP contribution in [0.1, 0.15) is 65.6 Å². The number of anilines is 2. The van der Waals surface area contributed by atoms with Gasteiger partial charge in [0, 0.05) is 31.1 Å². The lowest BCUT2D eigenvalue weighted by Crippen LogP contribution is -2.43. The maximum atomic E-state index is 4.82. The summed E-state index contributed by atoms with van der Waals surface area (Å²) in [5.74, 6) is 4.08. The molecule has 1 N–H and O–H groups in total. The minimum Gasteiger partial charge on any atom is -0.370 e. The van der Waals surface area contributed by atoms with Gasteiger partial charge in [0.15, 0.2) is 0 Å². The minimum absolute atomic E-state index is 0.352. The molecule has 2 unspecified atom stereocenters. The van der Waals surface area contributed by atoms with Crippen LogP contribution in [0.25, 0.3) is 0 Å². The molecule has 2 rings (SSSR count). The van der Waals surface area contributed by atoms with Gasteiger partial charge in [-0.2, -0.15) is 0 Å². The van der Waals surface area contributed by atoms with Gasteiger partial charge in [0.2, 0.25) is 0 Å². The highest BCUT2D eigenvalue weighted by Gasteiger charge is 2.26. The van der Waals surface area contributed by atoms with E-state index in [9.17, 15) is 0 Å². The Morgan fingerprint density at radius 1 is 1.33 bits per heavy atom. The van der Waals surface area contributed by atoms with E-state index in [4.69, 9.17) is 4.98 Å². The highest BCUT2D eigenvalue weighted by atomic mass is 15.2. The van der Waals surface area contributed by atoms with Crippen LogP contribution in [0, 0.1) is 5.92 Å². The number of nitrogens with one attached hydrogen (secondary N) is 1. The molecule has 0 amide bonds. The predicted molar refractivity (Wildman–Crippen MR) is 90.1 cm³/mol. The van der Waals surface area contributed by atoms with Crippen LogP contribution in [-0.4, -0.2) is 29.1 Å². The fourth-order valence-corrected chi connectivity index (χ4v) is 2.86. The molecule has 0 spiro atoms. The number of aromatic nitrogens is 2. The SMILES string of the molecule is CCCNc1cc(N2CCCC(C)C2C)nc(C(C)C)n1. The van der Waals surface area contributed by atoms with Crippen molar-refractivity contribution in [2.45, 2.75) is 65.8 Å². The summed E-state index contributed by atoms with van der Waals surface area (Å²) in [6, 6.07) is 2.67. The van der Waals surface area contributed by atoms with Crippen LogP contribution in [0.5, 0.6) is 0 Å². The molecule has 1 aromatic heterocycles. The Morgan fingerprint density at radius 2 is 2.10 bits per heavy atom. The molecule has 0 saturated carbocycles. The van der Waals surface area contributed by atoms with E-state index in [0.29, 0.717) is 12.0 Å². The molecule has 4 nitrogen and oxygen atoms in total. The Hall–Kier alpha value is -1.32. The maximum absolute atomic E-state index is 4.82. The van der Waals surface area contributed by atoms with Gasteiger partial charge >= 0.3 is 0 Å². The lowest BCUT2D eigenvalue weighted by Gasteiger charge is -2.39. The highest BCUT2D eigenvalue weighted by Crippen LogP contribution is 2.29. The Kier molecular flexibility index (Phi) is 5.43. The minimum atomic E-state index is 0.352. The summed E-state index contributed by atoms with van der Waals surface area (Å²) in [4.78, 5) is 11.9. The fraction of sp³-hybridized carbons (Fsp3) is 0.765. The van der Waals surface area contributed by atoms with Crippen LogP contribution >= 0.6 is 0 Å². The largest absolute Gasteiger partial charge is 0.370 e. The molecular formula is C17H30N4. The van der Waals surface area contributed by atoms with Gasteiger partial charge in [-0.3, -0.25) is 0 Å². The van der Waals surface area contributed by atoms with Crippen LogP contribution in [0.3, 0.4) is 0 Å². The first-order chi connectivity index (χ1) is 10.0. The van der Waals surface area contributed by atoms with Crippen molar-refractivity contribution in [2.75, 3.05) is 23.3 Å². The van der Waals surface area contributed by atoms with E-state index in [-0.39, 0.29) is 0 Å². The number of rotatable bonds is 5. The van der Waals surface area contributed by atoms with E-state index in [1.54, 1.807) is 0 Å². The molecule has 0 aliphatic carbocycles. The smallest absolute Gasteiger partial charge is 0.135 e. The molecule has 2 heterocycles. The zero-order valence-corrected chi connectivity index (χ0v) is 14.2. The average molecular weight is 290 g/mol. The van der Waals surface area contributed by atoms with Crippen LogP contribution < -0.4 is 10.2 Å². The number of nitrogens with zero attached hydrogens (tertiary/aromatic N) is 3. The Morgan fingerprint density at radius 3 is 2.76 bits per heavy atom. The second kappa shape index (κ2) is 7.10. The van der Waals surface area contributed by atoms with E-state index in [0.717, 1.165) is 42.9 Å². The van der Waals surface area contributed by atoms with Gasteiger partial charge in [-0.15, -0.1) is 0 Å². The van der Waals surface area contributed by atoms with Crippen LogP contribution in [-0.2, 0) is 0 Å². The van der Waals surface area contributed by atoms with Gasteiger partial charge < -0.3 is 10.2 Å². The van der Waals surface area contributed by atoms with Gasteiger partial charge in [0.25, 0.3) is 0 Å². The van der Waals surface area contributed by atoms with Crippen molar-refractivity contribution in [1.82, 2.24) is 9.97 Å². The third kappa shape index (κ3) is 3.86. The quantitative estimate of drug-likeness (QED) is 0.888. The zero-order chi connectivity index (χ0) is 15.4. The first-order valence-corrected chi connectivity index (χ1v) is 8.42. The molecule has 0 bridgehead atoms. The second-order valence-electron chi connectivity index (χ2n) is 6.60.